The van der Waals surface area contributed by atoms with E-state index in [0.717, 1.165) is 32.7 Å². The lowest BCUT2D eigenvalue weighted by molar-refractivity contribution is -0.117. The van der Waals surface area contributed by atoms with Crippen LogP contribution in [0, 0.1) is 5.82 Å². The molecule has 1 heterocycles. The molecular weight excluding hydrogens is 419 g/mol. The Labute approximate surface area is 171 Å². The third kappa shape index (κ3) is 3.62. The Kier molecular flexibility index (Phi) is 5.09. The number of aliphatic imine (C=N–C) groups is 1. The van der Waals surface area contributed by atoms with Gasteiger partial charge in [0, 0.05) is 17.8 Å². The Morgan fingerprint density at radius 3 is 2.39 bits per heavy atom. The standard InChI is InChI=1S/C23H18BrFN2O/c1-15(28)27-22-5-3-2-4-20(22)26-21(16-6-10-18(24)11-7-16)14-23(27)17-8-12-19(25)13-9-17/h2-13,23H,14H2,1H3. The molecule has 5 heteroatoms. The van der Waals surface area contributed by atoms with Gasteiger partial charge in [0.25, 0.3) is 0 Å². The summed E-state index contributed by atoms with van der Waals surface area (Å²) in [6, 6.07) is 21.7. The molecule has 3 aromatic carbocycles. The van der Waals surface area contributed by atoms with Gasteiger partial charge in [0.2, 0.25) is 5.91 Å². The summed E-state index contributed by atoms with van der Waals surface area (Å²) < 4.78 is 14.5. The van der Waals surface area contributed by atoms with E-state index in [-0.39, 0.29) is 17.8 Å². The van der Waals surface area contributed by atoms with Crippen LogP contribution in [0.5, 0.6) is 0 Å². The van der Waals surface area contributed by atoms with Crippen LogP contribution in [0.15, 0.2) is 82.3 Å². The van der Waals surface area contributed by atoms with Gasteiger partial charge in [-0.15, -0.1) is 0 Å². The van der Waals surface area contributed by atoms with E-state index in [0.29, 0.717) is 6.42 Å². The van der Waals surface area contributed by atoms with E-state index in [1.807, 2.05) is 48.5 Å². The molecule has 4 rings (SSSR count). The number of benzene rings is 3. The fourth-order valence-electron chi connectivity index (χ4n) is 3.56. The lowest BCUT2D eigenvalue weighted by Crippen LogP contribution is -2.33. The molecule has 3 nitrogen and oxygen atoms in total. The lowest BCUT2D eigenvalue weighted by atomic mass is 9.96. The van der Waals surface area contributed by atoms with Crippen molar-refractivity contribution in [2.45, 2.75) is 19.4 Å². The molecule has 140 valence electrons. The Bertz CT molecular complexity index is 1040. The zero-order chi connectivity index (χ0) is 19.7. The third-order valence-electron chi connectivity index (χ3n) is 4.87. The van der Waals surface area contributed by atoms with E-state index in [2.05, 4.69) is 15.9 Å². The summed E-state index contributed by atoms with van der Waals surface area (Å²) in [7, 11) is 0. The molecule has 1 aliphatic heterocycles. The summed E-state index contributed by atoms with van der Waals surface area (Å²) in [5.74, 6) is -0.372. The average molecular weight is 437 g/mol. The summed E-state index contributed by atoms with van der Waals surface area (Å²) in [6.45, 7) is 1.55. The van der Waals surface area contributed by atoms with Crippen molar-refractivity contribution >= 4 is 38.9 Å². The van der Waals surface area contributed by atoms with Gasteiger partial charge in [-0.05, 0) is 47.5 Å². The second kappa shape index (κ2) is 7.68. The quantitative estimate of drug-likeness (QED) is 0.470. The first-order chi connectivity index (χ1) is 13.5. The molecule has 0 saturated heterocycles. The molecule has 0 fully saturated rings. The molecule has 0 aliphatic carbocycles. The summed E-state index contributed by atoms with van der Waals surface area (Å²) >= 11 is 3.47. The van der Waals surface area contributed by atoms with Gasteiger partial charge in [0.15, 0.2) is 0 Å². The number of amides is 1. The maximum Gasteiger partial charge on any atom is 0.224 e. The summed E-state index contributed by atoms with van der Waals surface area (Å²) in [4.78, 5) is 19.3. The van der Waals surface area contributed by atoms with Crippen LogP contribution in [0.1, 0.15) is 30.5 Å². The number of hydrogen-bond acceptors (Lipinski definition) is 2. The number of rotatable bonds is 2. The molecule has 0 spiro atoms. The topological polar surface area (TPSA) is 32.7 Å². The Hall–Kier alpha value is -2.79. The number of nitrogens with zero attached hydrogens (tertiary/aromatic N) is 2. The van der Waals surface area contributed by atoms with Gasteiger partial charge in [0.1, 0.15) is 5.82 Å². The number of hydrogen-bond donors (Lipinski definition) is 0. The molecule has 0 aromatic heterocycles. The van der Waals surface area contributed by atoms with Crippen LogP contribution >= 0.6 is 15.9 Å². The maximum absolute atomic E-state index is 13.5. The molecule has 0 radical (unpaired) electrons. The predicted octanol–water partition coefficient (Wildman–Crippen LogP) is 6.21. The second-order valence-corrected chi connectivity index (χ2v) is 7.63. The molecule has 3 aromatic rings. The van der Waals surface area contributed by atoms with Crippen molar-refractivity contribution in [1.82, 2.24) is 0 Å². The van der Waals surface area contributed by atoms with Crippen molar-refractivity contribution in [3.8, 4) is 0 Å². The number of para-hydroxylation sites is 2. The monoisotopic (exact) mass is 436 g/mol. The van der Waals surface area contributed by atoms with Gasteiger partial charge in [-0.1, -0.05) is 52.3 Å². The van der Waals surface area contributed by atoms with Crippen molar-refractivity contribution in [2.24, 2.45) is 4.99 Å². The zero-order valence-electron chi connectivity index (χ0n) is 15.3. The van der Waals surface area contributed by atoms with E-state index < -0.39 is 0 Å². The van der Waals surface area contributed by atoms with Crippen LogP contribution in [0.3, 0.4) is 0 Å². The largest absolute Gasteiger partial charge is 0.303 e. The Balaban J connectivity index is 1.89. The molecule has 1 amide bonds. The number of halogens is 2. The van der Waals surface area contributed by atoms with Crippen LogP contribution in [-0.4, -0.2) is 11.6 Å². The lowest BCUT2D eigenvalue weighted by Gasteiger charge is -2.30. The minimum atomic E-state index is -0.297. The van der Waals surface area contributed by atoms with Crippen molar-refractivity contribution in [2.75, 3.05) is 4.90 Å². The highest BCUT2D eigenvalue weighted by Gasteiger charge is 2.30. The molecule has 1 aliphatic rings. The molecule has 0 N–H and O–H groups in total. The van der Waals surface area contributed by atoms with Crippen molar-refractivity contribution in [3.63, 3.8) is 0 Å². The first kappa shape index (κ1) is 18.6. The number of fused-ring (bicyclic) bond motifs is 1. The summed E-state index contributed by atoms with van der Waals surface area (Å²) in [6.07, 6.45) is 0.529. The van der Waals surface area contributed by atoms with Gasteiger partial charge in [0.05, 0.1) is 23.1 Å². The van der Waals surface area contributed by atoms with E-state index in [9.17, 15) is 9.18 Å². The van der Waals surface area contributed by atoms with E-state index in [1.54, 1.807) is 24.0 Å². The van der Waals surface area contributed by atoms with E-state index >= 15 is 0 Å². The Morgan fingerprint density at radius 1 is 1.04 bits per heavy atom. The molecule has 0 saturated carbocycles. The highest BCUT2D eigenvalue weighted by atomic mass is 79.9. The highest BCUT2D eigenvalue weighted by molar-refractivity contribution is 9.10. The molecule has 28 heavy (non-hydrogen) atoms. The zero-order valence-corrected chi connectivity index (χ0v) is 16.9. The number of anilines is 1. The minimum Gasteiger partial charge on any atom is -0.303 e. The first-order valence-corrected chi connectivity index (χ1v) is 9.80. The summed E-state index contributed by atoms with van der Waals surface area (Å²) in [5, 5.41) is 0. The first-order valence-electron chi connectivity index (χ1n) is 9.01. The number of carbonyl (C=O) groups excluding carboxylic acids is 1. The average Bonchev–Trinajstić information content (AvgIpc) is 2.86. The SMILES string of the molecule is CC(=O)N1c2ccccc2N=C(c2ccc(Br)cc2)CC1c1ccc(F)cc1. The van der Waals surface area contributed by atoms with Crippen LogP contribution in [-0.2, 0) is 4.79 Å². The van der Waals surface area contributed by atoms with Gasteiger partial charge in [-0.2, -0.15) is 0 Å². The van der Waals surface area contributed by atoms with Crippen molar-refractivity contribution in [1.29, 1.82) is 0 Å². The van der Waals surface area contributed by atoms with Crippen LogP contribution < -0.4 is 4.90 Å². The normalized spacial score (nSPS) is 16.2. The highest BCUT2D eigenvalue weighted by Crippen LogP contribution is 2.40. The fourth-order valence-corrected chi connectivity index (χ4v) is 3.83. The van der Waals surface area contributed by atoms with Crippen LogP contribution in [0.25, 0.3) is 0 Å². The van der Waals surface area contributed by atoms with Gasteiger partial charge in [-0.3, -0.25) is 9.79 Å². The Morgan fingerprint density at radius 2 is 1.71 bits per heavy atom. The number of carbonyl (C=O) groups is 1. The molecule has 1 atom stereocenters. The van der Waals surface area contributed by atoms with Gasteiger partial charge < -0.3 is 4.90 Å². The molecule has 0 bridgehead atoms. The fraction of sp³-hybridized carbons (Fsp3) is 0.130. The maximum atomic E-state index is 13.5. The molecule has 1 unspecified atom stereocenters. The van der Waals surface area contributed by atoms with Crippen LogP contribution in [0.2, 0.25) is 0 Å². The third-order valence-corrected chi connectivity index (χ3v) is 5.40. The predicted molar refractivity (Wildman–Crippen MR) is 114 cm³/mol. The van der Waals surface area contributed by atoms with Crippen LogP contribution in [0.4, 0.5) is 15.8 Å². The summed E-state index contributed by atoms with van der Waals surface area (Å²) in [5.41, 5.74) is 4.27. The molecular formula is C23H18BrFN2O. The smallest absolute Gasteiger partial charge is 0.224 e. The van der Waals surface area contributed by atoms with Crippen molar-refractivity contribution in [3.05, 3.63) is 94.2 Å². The van der Waals surface area contributed by atoms with E-state index in [1.165, 1.54) is 12.1 Å². The van der Waals surface area contributed by atoms with E-state index in [4.69, 9.17) is 4.99 Å². The van der Waals surface area contributed by atoms with Gasteiger partial charge >= 0.3 is 0 Å². The second-order valence-electron chi connectivity index (χ2n) is 6.71. The van der Waals surface area contributed by atoms with Crippen molar-refractivity contribution < 1.29 is 9.18 Å². The van der Waals surface area contributed by atoms with Gasteiger partial charge in [-0.25, -0.2) is 4.39 Å². The minimum absolute atomic E-state index is 0.0750.